The highest BCUT2D eigenvalue weighted by Crippen LogP contribution is 2.31. The minimum absolute atomic E-state index is 0.00866. The van der Waals surface area contributed by atoms with Gasteiger partial charge in [0.05, 0.1) is 15.5 Å². The first kappa shape index (κ1) is 16.1. The smallest absolute Gasteiger partial charge is 0.337 e. The fourth-order valence-corrected chi connectivity index (χ4v) is 5.24. The predicted octanol–water partition coefficient (Wildman–Crippen LogP) is 2.54. The Hall–Kier alpha value is -0.280. The summed E-state index contributed by atoms with van der Waals surface area (Å²) < 4.78 is 26.6. The van der Waals surface area contributed by atoms with E-state index < -0.39 is 16.0 Å². The topological polar surface area (TPSA) is 74.7 Å². The molecule has 0 saturated carbocycles. The monoisotopic (exact) mass is 399 g/mol. The maximum Gasteiger partial charge on any atom is 0.337 e. The number of hydrogen-bond acceptors (Lipinski definition) is 4. The van der Waals surface area contributed by atoms with Crippen LogP contribution in [0.15, 0.2) is 21.5 Å². The van der Waals surface area contributed by atoms with Gasteiger partial charge >= 0.3 is 5.97 Å². The summed E-state index contributed by atoms with van der Waals surface area (Å²) in [6.07, 6.45) is 0. The Morgan fingerprint density at radius 1 is 1.35 bits per heavy atom. The molecule has 1 aliphatic heterocycles. The molecule has 1 N–H and O–H groups in total. The molecule has 9 heteroatoms. The van der Waals surface area contributed by atoms with Crippen molar-refractivity contribution in [2.75, 3.05) is 24.6 Å². The summed E-state index contributed by atoms with van der Waals surface area (Å²) in [5.74, 6) is 0.210. The zero-order chi connectivity index (χ0) is 14.9. The van der Waals surface area contributed by atoms with Crippen molar-refractivity contribution in [3.05, 3.63) is 27.2 Å². The van der Waals surface area contributed by atoms with Crippen molar-refractivity contribution in [2.45, 2.75) is 4.90 Å². The Bertz CT molecular complexity index is 644. The molecule has 0 radical (unpaired) electrons. The van der Waals surface area contributed by atoms with E-state index in [4.69, 9.17) is 16.7 Å². The standard InChI is InChI=1S/C11H11BrClNO4S2/c12-9-6-7(5-8(10(9)13)11(15)16)20(17,18)14-1-3-19-4-2-14/h5-6H,1-4H2,(H,15,16). The third-order valence-electron chi connectivity index (χ3n) is 2.84. The number of benzene rings is 1. The van der Waals surface area contributed by atoms with E-state index in [0.717, 1.165) is 17.6 Å². The number of sulfonamides is 1. The molecule has 20 heavy (non-hydrogen) atoms. The summed E-state index contributed by atoms with van der Waals surface area (Å²) in [6, 6.07) is 2.44. The Morgan fingerprint density at radius 3 is 2.50 bits per heavy atom. The van der Waals surface area contributed by atoms with E-state index in [1.54, 1.807) is 11.8 Å². The van der Waals surface area contributed by atoms with Gasteiger partial charge in [-0.3, -0.25) is 0 Å². The highest BCUT2D eigenvalue weighted by Gasteiger charge is 2.28. The lowest BCUT2D eigenvalue weighted by Gasteiger charge is -2.25. The first-order valence-electron chi connectivity index (χ1n) is 5.64. The van der Waals surface area contributed by atoms with Crippen LogP contribution in [-0.4, -0.2) is 48.4 Å². The van der Waals surface area contributed by atoms with Crippen LogP contribution in [0.3, 0.4) is 0 Å². The van der Waals surface area contributed by atoms with Crippen molar-refractivity contribution >= 4 is 55.3 Å². The second kappa shape index (κ2) is 6.23. The predicted molar refractivity (Wildman–Crippen MR) is 82.2 cm³/mol. The normalized spacial score (nSPS) is 17.1. The molecule has 0 aliphatic carbocycles. The lowest BCUT2D eigenvalue weighted by atomic mass is 10.2. The van der Waals surface area contributed by atoms with Gasteiger partial charge in [-0.25, -0.2) is 13.2 Å². The average molecular weight is 401 g/mol. The fraction of sp³-hybridized carbons (Fsp3) is 0.364. The molecular weight excluding hydrogens is 390 g/mol. The largest absolute Gasteiger partial charge is 0.478 e. The summed E-state index contributed by atoms with van der Waals surface area (Å²) in [5.41, 5.74) is -0.231. The van der Waals surface area contributed by atoms with Gasteiger partial charge in [-0.15, -0.1) is 0 Å². The summed E-state index contributed by atoms with van der Waals surface area (Å²) in [4.78, 5) is 11.1. The highest BCUT2D eigenvalue weighted by molar-refractivity contribution is 9.10. The molecule has 0 amide bonds. The van der Waals surface area contributed by atoms with Crippen LogP contribution in [0.2, 0.25) is 5.02 Å². The van der Waals surface area contributed by atoms with Gasteiger partial charge in [-0.2, -0.15) is 16.1 Å². The van der Waals surface area contributed by atoms with Gasteiger partial charge < -0.3 is 5.11 Å². The summed E-state index contributed by atoms with van der Waals surface area (Å²) in [6.45, 7) is 0.852. The van der Waals surface area contributed by atoms with Gasteiger partial charge in [0, 0.05) is 29.1 Å². The molecule has 0 spiro atoms. The number of carboxylic acid groups (broad SMARTS) is 1. The van der Waals surface area contributed by atoms with Crippen molar-refractivity contribution < 1.29 is 18.3 Å². The second-order valence-electron chi connectivity index (χ2n) is 4.09. The van der Waals surface area contributed by atoms with Crippen LogP contribution in [0.4, 0.5) is 0 Å². The molecule has 0 unspecified atom stereocenters. The van der Waals surface area contributed by atoms with Crippen molar-refractivity contribution in [1.82, 2.24) is 4.31 Å². The quantitative estimate of drug-likeness (QED) is 0.844. The van der Waals surface area contributed by atoms with Crippen molar-refractivity contribution in [3.63, 3.8) is 0 Å². The molecule has 0 atom stereocenters. The van der Waals surface area contributed by atoms with Crippen LogP contribution in [-0.2, 0) is 10.0 Å². The second-order valence-corrected chi connectivity index (χ2v) is 8.48. The summed E-state index contributed by atoms with van der Waals surface area (Å²) >= 11 is 10.6. The highest BCUT2D eigenvalue weighted by atomic mass is 79.9. The van der Waals surface area contributed by atoms with E-state index in [2.05, 4.69) is 15.9 Å². The lowest BCUT2D eigenvalue weighted by molar-refractivity contribution is 0.0696. The summed E-state index contributed by atoms with van der Waals surface area (Å²) in [5, 5.41) is 9.06. The van der Waals surface area contributed by atoms with Crippen LogP contribution in [0.25, 0.3) is 0 Å². The van der Waals surface area contributed by atoms with Gasteiger partial charge in [-0.1, -0.05) is 11.6 Å². The van der Waals surface area contributed by atoms with Crippen molar-refractivity contribution in [2.24, 2.45) is 0 Å². The molecule has 110 valence electrons. The first-order valence-corrected chi connectivity index (χ1v) is 9.41. The number of carboxylic acids is 1. The number of halogens is 2. The molecular formula is C11H11BrClNO4S2. The zero-order valence-corrected chi connectivity index (χ0v) is 14.1. The Labute approximate surface area is 134 Å². The molecule has 1 fully saturated rings. The molecule has 0 bridgehead atoms. The van der Waals surface area contributed by atoms with E-state index in [-0.39, 0.29) is 20.0 Å². The molecule has 1 aromatic carbocycles. The van der Waals surface area contributed by atoms with E-state index >= 15 is 0 Å². The lowest BCUT2D eigenvalue weighted by Crippen LogP contribution is -2.37. The van der Waals surface area contributed by atoms with E-state index in [0.29, 0.717) is 13.1 Å². The number of nitrogens with zero attached hydrogens (tertiary/aromatic N) is 1. The number of rotatable bonds is 3. The van der Waals surface area contributed by atoms with Crippen LogP contribution in [0, 0.1) is 0 Å². The van der Waals surface area contributed by atoms with Gasteiger partial charge in [0.1, 0.15) is 0 Å². The van der Waals surface area contributed by atoms with Crippen molar-refractivity contribution in [1.29, 1.82) is 0 Å². The molecule has 1 saturated heterocycles. The maximum absolute atomic E-state index is 12.5. The SMILES string of the molecule is O=C(O)c1cc(S(=O)(=O)N2CCSCC2)cc(Br)c1Cl. The molecule has 1 aliphatic rings. The van der Waals surface area contributed by atoms with Crippen molar-refractivity contribution in [3.8, 4) is 0 Å². The van der Waals surface area contributed by atoms with E-state index in [1.807, 2.05) is 0 Å². The Morgan fingerprint density at radius 2 is 1.95 bits per heavy atom. The first-order chi connectivity index (χ1) is 9.34. The number of aromatic carboxylic acids is 1. The van der Waals surface area contributed by atoms with E-state index in [1.165, 1.54) is 10.4 Å². The Kier molecular flexibility index (Phi) is 5.01. The van der Waals surface area contributed by atoms with Crippen LogP contribution < -0.4 is 0 Å². The summed E-state index contributed by atoms with van der Waals surface area (Å²) in [7, 11) is -3.69. The third-order valence-corrected chi connectivity index (χ3v) is 6.92. The van der Waals surface area contributed by atoms with Gasteiger partial charge in [0.25, 0.3) is 0 Å². The molecule has 5 nitrogen and oxygen atoms in total. The molecule has 0 aromatic heterocycles. The Balaban J connectivity index is 2.49. The average Bonchev–Trinajstić information content (AvgIpc) is 2.42. The third kappa shape index (κ3) is 3.14. The maximum atomic E-state index is 12.5. The van der Waals surface area contributed by atoms with Gasteiger partial charge in [0.2, 0.25) is 10.0 Å². The minimum Gasteiger partial charge on any atom is -0.478 e. The minimum atomic E-state index is -3.69. The zero-order valence-electron chi connectivity index (χ0n) is 10.2. The van der Waals surface area contributed by atoms with E-state index in [9.17, 15) is 13.2 Å². The van der Waals surface area contributed by atoms with Gasteiger partial charge in [0.15, 0.2) is 0 Å². The molecule has 1 aromatic rings. The van der Waals surface area contributed by atoms with Crippen LogP contribution in [0.1, 0.15) is 10.4 Å². The number of hydrogen-bond donors (Lipinski definition) is 1. The van der Waals surface area contributed by atoms with Gasteiger partial charge in [-0.05, 0) is 28.1 Å². The molecule has 2 rings (SSSR count). The number of carbonyl (C=O) groups is 1. The van der Waals surface area contributed by atoms with Crippen LogP contribution >= 0.6 is 39.3 Å². The molecule has 1 heterocycles. The number of thioether (sulfide) groups is 1. The van der Waals surface area contributed by atoms with Crippen LogP contribution in [0.5, 0.6) is 0 Å². The fourth-order valence-electron chi connectivity index (χ4n) is 1.80.